The second-order valence-electron chi connectivity index (χ2n) is 6.54. The molecule has 0 aromatic rings. The van der Waals surface area contributed by atoms with E-state index in [0.29, 0.717) is 6.54 Å². The molecule has 0 aromatic carbocycles. The Morgan fingerprint density at radius 2 is 2.05 bits per heavy atom. The third-order valence-electron chi connectivity index (χ3n) is 4.76. The first-order chi connectivity index (χ1) is 10.1. The molecule has 3 unspecified atom stereocenters. The van der Waals surface area contributed by atoms with Crippen LogP contribution in [0.1, 0.15) is 51.9 Å². The highest BCUT2D eigenvalue weighted by Gasteiger charge is 2.34. The molecule has 1 saturated heterocycles. The molecule has 2 rings (SSSR count). The van der Waals surface area contributed by atoms with E-state index in [9.17, 15) is 9.59 Å². The number of nitrogens with one attached hydrogen (secondary N) is 1. The summed E-state index contributed by atoms with van der Waals surface area (Å²) in [6, 6.07) is 0.178. The number of piperidine rings is 1. The molecule has 0 spiro atoms. The van der Waals surface area contributed by atoms with Crippen molar-refractivity contribution in [3.63, 3.8) is 0 Å². The maximum absolute atomic E-state index is 12.5. The predicted molar refractivity (Wildman–Crippen MR) is 82.5 cm³/mol. The Morgan fingerprint density at radius 1 is 1.24 bits per heavy atom. The van der Waals surface area contributed by atoms with E-state index in [4.69, 9.17) is 5.73 Å². The number of unbranched alkanes of at least 4 members (excludes halogenated alkanes) is 1. The largest absolute Gasteiger partial charge is 0.356 e. The second-order valence-corrected chi connectivity index (χ2v) is 6.54. The number of carbonyl (C=O) groups is 2. The number of nitrogens with two attached hydrogens (primary N) is 1. The molecule has 0 aromatic heterocycles. The lowest BCUT2D eigenvalue weighted by molar-refractivity contribution is -0.139. The van der Waals surface area contributed by atoms with Crippen LogP contribution in [0, 0.1) is 11.8 Å². The Labute approximate surface area is 127 Å². The van der Waals surface area contributed by atoms with Crippen LogP contribution in [-0.4, -0.2) is 42.4 Å². The van der Waals surface area contributed by atoms with E-state index in [1.165, 1.54) is 0 Å². The van der Waals surface area contributed by atoms with Gasteiger partial charge in [-0.05, 0) is 38.5 Å². The van der Waals surface area contributed by atoms with Crippen molar-refractivity contribution in [3.8, 4) is 0 Å². The quantitative estimate of drug-likeness (QED) is 0.750. The average Bonchev–Trinajstić information content (AvgIpc) is 2.93. The van der Waals surface area contributed by atoms with Crippen LogP contribution < -0.4 is 11.1 Å². The Balaban J connectivity index is 1.82. The maximum Gasteiger partial charge on any atom is 0.225 e. The summed E-state index contributed by atoms with van der Waals surface area (Å²) in [5.74, 6) is 0.384. The number of amides is 2. The molecular weight excluding hydrogens is 266 g/mol. The summed E-state index contributed by atoms with van der Waals surface area (Å²) in [6.45, 7) is 4.24. The van der Waals surface area contributed by atoms with Crippen molar-refractivity contribution in [2.75, 3.05) is 19.6 Å². The average molecular weight is 295 g/mol. The summed E-state index contributed by atoms with van der Waals surface area (Å²) in [4.78, 5) is 26.6. The molecule has 0 bridgehead atoms. The van der Waals surface area contributed by atoms with Crippen LogP contribution in [-0.2, 0) is 9.59 Å². The number of hydrogen-bond acceptors (Lipinski definition) is 3. The Hall–Kier alpha value is -1.10. The number of nitrogens with zero attached hydrogens (tertiary/aromatic N) is 1. The highest BCUT2D eigenvalue weighted by atomic mass is 16.2. The predicted octanol–water partition coefficient (Wildman–Crippen LogP) is 1.27. The number of carbonyl (C=O) groups excluding carboxylic acids is 2. The summed E-state index contributed by atoms with van der Waals surface area (Å²) >= 11 is 0. The van der Waals surface area contributed by atoms with Crippen molar-refractivity contribution in [1.29, 1.82) is 0 Å². The third kappa shape index (κ3) is 4.43. The summed E-state index contributed by atoms with van der Waals surface area (Å²) in [5.41, 5.74) is 5.90. The van der Waals surface area contributed by atoms with E-state index in [2.05, 4.69) is 12.2 Å². The molecule has 0 radical (unpaired) electrons. The topological polar surface area (TPSA) is 75.4 Å². The molecule has 1 heterocycles. The molecule has 1 aliphatic carbocycles. The van der Waals surface area contributed by atoms with E-state index in [-0.39, 0.29) is 29.7 Å². The van der Waals surface area contributed by atoms with Gasteiger partial charge in [-0.3, -0.25) is 9.59 Å². The first-order valence-corrected chi connectivity index (χ1v) is 8.44. The van der Waals surface area contributed by atoms with Crippen molar-refractivity contribution in [1.82, 2.24) is 10.2 Å². The molecule has 2 aliphatic rings. The summed E-state index contributed by atoms with van der Waals surface area (Å²) in [6.07, 6.45) is 6.58. The minimum atomic E-state index is -0.0327. The van der Waals surface area contributed by atoms with Gasteiger partial charge in [-0.25, -0.2) is 0 Å². The maximum atomic E-state index is 12.5. The lowest BCUT2D eigenvalue weighted by Gasteiger charge is -2.33. The summed E-state index contributed by atoms with van der Waals surface area (Å²) in [5, 5.41) is 2.99. The van der Waals surface area contributed by atoms with Gasteiger partial charge < -0.3 is 16.0 Å². The SMILES string of the molecule is CCCCNC(=O)C1CCCN(C(=O)C2CCC(N)C2)C1. The zero-order chi connectivity index (χ0) is 15.2. The second kappa shape index (κ2) is 7.78. The van der Waals surface area contributed by atoms with Crippen LogP contribution in [0.4, 0.5) is 0 Å². The molecule has 5 nitrogen and oxygen atoms in total. The van der Waals surface area contributed by atoms with E-state index < -0.39 is 0 Å². The van der Waals surface area contributed by atoms with Gasteiger partial charge in [0.2, 0.25) is 11.8 Å². The first-order valence-electron chi connectivity index (χ1n) is 8.44. The van der Waals surface area contributed by atoms with Gasteiger partial charge in [-0.1, -0.05) is 13.3 Å². The lowest BCUT2D eigenvalue weighted by atomic mass is 9.95. The highest BCUT2D eigenvalue weighted by Crippen LogP contribution is 2.28. The number of rotatable bonds is 5. The van der Waals surface area contributed by atoms with E-state index in [1.807, 2.05) is 4.90 Å². The van der Waals surface area contributed by atoms with Crippen LogP contribution in [0.2, 0.25) is 0 Å². The highest BCUT2D eigenvalue weighted by molar-refractivity contribution is 5.82. The number of hydrogen-bond donors (Lipinski definition) is 2. The van der Waals surface area contributed by atoms with Gasteiger partial charge in [-0.2, -0.15) is 0 Å². The Bertz CT molecular complexity index is 373. The molecule has 1 saturated carbocycles. The standard InChI is InChI=1S/C16H29N3O2/c1-2-3-8-18-15(20)13-5-4-9-19(11-13)16(21)12-6-7-14(17)10-12/h12-14H,2-11,17H2,1H3,(H,18,20). The summed E-state index contributed by atoms with van der Waals surface area (Å²) in [7, 11) is 0. The zero-order valence-electron chi connectivity index (χ0n) is 13.1. The zero-order valence-corrected chi connectivity index (χ0v) is 13.1. The third-order valence-corrected chi connectivity index (χ3v) is 4.76. The van der Waals surface area contributed by atoms with Crippen molar-refractivity contribution in [2.24, 2.45) is 17.6 Å². The molecule has 3 N–H and O–H groups in total. The van der Waals surface area contributed by atoms with Gasteiger partial charge in [0.1, 0.15) is 0 Å². The number of likely N-dealkylation sites (tertiary alicyclic amines) is 1. The first kappa shape index (κ1) is 16.3. The fourth-order valence-corrected chi connectivity index (χ4v) is 3.42. The smallest absolute Gasteiger partial charge is 0.225 e. The van der Waals surface area contributed by atoms with Crippen molar-refractivity contribution >= 4 is 11.8 Å². The van der Waals surface area contributed by atoms with Gasteiger partial charge in [-0.15, -0.1) is 0 Å². The van der Waals surface area contributed by atoms with E-state index in [0.717, 1.165) is 58.0 Å². The van der Waals surface area contributed by atoms with Crippen LogP contribution in [0.3, 0.4) is 0 Å². The fourth-order valence-electron chi connectivity index (χ4n) is 3.42. The lowest BCUT2D eigenvalue weighted by Crippen LogP contribution is -2.47. The molecule has 2 fully saturated rings. The molecule has 1 aliphatic heterocycles. The van der Waals surface area contributed by atoms with Gasteiger partial charge >= 0.3 is 0 Å². The van der Waals surface area contributed by atoms with Crippen LogP contribution in [0.25, 0.3) is 0 Å². The van der Waals surface area contributed by atoms with E-state index >= 15 is 0 Å². The van der Waals surface area contributed by atoms with Crippen molar-refractivity contribution in [3.05, 3.63) is 0 Å². The van der Waals surface area contributed by atoms with Crippen LogP contribution in [0.15, 0.2) is 0 Å². The normalized spacial score (nSPS) is 29.4. The van der Waals surface area contributed by atoms with Crippen LogP contribution in [0.5, 0.6) is 0 Å². The van der Waals surface area contributed by atoms with Crippen LogP contribution >= 0.6 is 0 Å². The molecule has 5 heteroatoms. The van der Waals surface area contributed by atoms with Gasteiger partial charge in [0.15, 0.2) is 0 Å². The molecule has 120 valence electrons. The van der Waals surface area contributed by atoms with Gasteiger partial charge in [0.05, 0.1) is 5.92 Å². The summed E-state index contributed by atoms with van der Waals surface area (Å²) < 4.78 is 0. The Kier molecular flexibility index (Phi) is 6.03. The van der Waals surface area contributed by atoms with Gasteiger partial charge in [0.25, 0.3) is 0 Å². The van der Waals surface area contributed by atoms with E-state index in [1.54, 1.807) is 0 Å². The molecule has 3 atom stereocenters. The molecule has 2 amide bonds. The van der Waals surface area contributed by atoms with Crippen molar-refractivity contribution in [2.45, 2.75) is 57.9 Å². The van der Waals surface area contributed by atoms with Crippen molar-refractivity contribution < 1.29 is 9.59 Å². The fraction of sp³-hybridized carbons (Fsp3) is 0.875. The molecular formula is C16H29N3O2. The minimum Gasteiger partial charge on any atom is -0.356 e. The monoisotopic (exact) mass is 295 g/mol. The molecule has 21 heavy (non-hydrogen) atoms. The minimum absolute atomic E-state index is 0.0327. The van der Waals surface area contributed by atoms with Gasteiger partial charge in [0, 0.05) is 31.6 Å². The Morgan fingerprint density at radius 3 is 2.71 bits per heavy atom.